The summed E-state index contributed by atoms with van der Waals surface area (Å²) in [6, 6.07) is 11.9. The van der Waals surface area contributed by atoms with Crippen molar-refractivity contribution in [1.82, 2.24) is 9.80 Å². The molecule has 2 heterocycles. The van der Waals surface area contributed by atoms with E-state index in [9.17, 15) is 18.7 Å². The maximum absolute atomic E-state index is 13.4. The van der Waals surface area contributed by atoms with Crippen LogP contribution in [-0.4, -0.2) is 59.6 Å². The van der Waals surface area contributed by atoms with Gasteiger partial charge in [0, 0.05) is 43.7 Å². The first-order chi connectivity index (χ1) is 17.3. The number of halogens is 2. The highest BCUT2D eigenvalue weighted by Crippen LogP contribution is 2.46. The lowest BCUT2D eigenvalue weighted by Gasteiger charge is -2.45. The van der Waals surface area contributed by atoms with Gasteiger partial charge >= 0.3 is 0 Å². The zero-order chi connectivity index (χ0) is 25.3. The maximum Gasteiger partial charge on any atom is 0.246 e. The average Bonchev–Trinajstić information content (AvgIpc) is 3.24. The number of aliphatic hydroxyl groups is 1. The highest BCUT2D eigenvalue weighted by molar-refractivity contribution is 5.91. The molecular weight excluding hydrogens is 458 g/mol. The van der Waals surface area contributed by atoms with Crippen LogP contribution in [0.2, 0.25) is 0 Å². The van der Waals surface area contributed by atoms with Crippen LogP contribution in [0.3, 0.4) is 0 Å². The lowest BCUT2D eigenvalue weighted by molar-refractivity contribution is -0.128. The maximum atomic E-state index is 13.4. The first-order valence-electron chi connectivity index (χ1n) is 13.0. The summed E-state index contributed by atoms with van der Waals surface area (Å²) in [5.74, 6) is -0.878. The molecule has 2 fully saturated rings. The van der Waals surface area contributed by atoms with Gasteiger partial charge in [-0.05, 0) is 72.5 Å². The summed E-state index contributed by atoms with van der Waals surface area (Å²) in [6.07, 6.45) is 9.60. The summed E-state index contributed by atoms with van der Waals surface area (Å²) in [5, 5.41) is 11.0. The van der Waals surface area contributed by atoms with E-state index in [0.717, 1.165) is 38.4 Å². The average molecular weight is 493 g/mol. The Labute approximate surface area is 211 Å². The fourth-order valence-corrected chi connectivity index (χ4v) is 6.30. The largest absolute Gasteiger partial charge is 0.392 e. The normalized spacial score (nSPS) is 25.6. The van der Waals surface area contributed by atoms with Crippen LogP contribution in [0.4, 0.5) is 8.78 Å². The standard InChI is InChI=1S/C30H34F2N2O2/c1-21-19-33(15-12-30(21)11-8-23-4-2-3-5-27(23)30)20-28(35)24-9-13-34(14-10-24)29(36)7-6-22-16-25(31)18-26(32)17-22/h2-8,11,16-18,21,24,28,35H,9-10,12-15,19-20H2,1H3/b7-6+/t21-,28?,30-/m1/s1. The zero-order valence-electron chi connectivity index (χ0n) is 20.7. The van der Waals surface area contributed by atoms with E-state index in [1.807, 2.05) is 0 Å². The van der Waals surface area contributed by atoms with Crippen LogP contribution in [-0.2, 0) is 10.2 Å². The van der Waals surface area contributed by atoms with Gasteiger partial charge in [0.25, 0.3) is 0 Å². The van der Waals surface area contributed by atoms with Gasteiger partial charge in [-0.2, -0.15) is 0 Å². The summed E-state index contributed by atoms with van der Waals surface area (Å²) in [6.45, 7) is 6.05. The molecule has 2 saturated heterocycles. The Kier molecular flexibility index (Phi) is 7.09. The molecule has 36 heavy (non-hydrogen) atoms. The molecule has 1 N–H and O–H groups in total. The van der Waals surface area contributed by atoms with Gasteiger partial charge < -0.3 is 14.9 Å². The molecule has 2 aliphatic heterocycles. The number of rotatable bonds is 5. The van der Waals surface area contributed by atoms with Crippen LogP contribution < -0.4 is 0 Å². The molecule has 6 heteroatoms. The number of hydrogen-bond donors (Lipinski definition) is 1. The highest BCUT2D eigenvalue weighted by atomic mass is 19.1. The number of likely N-dealkylation sites (tertiary alicyclic amines) is 2. The second-order valence-electron chi connectivity index (χ2n) is 10.6. The van der Waals surface area contributed by atoms with Gasteiger partial charge in [-0.15, -0.1) is 0 Å². The molecule has 0 bridgehead atoms. The molecule has 3 atom stereocenters. The number of allylic oxidation sites excluding steroid dienone is 1. The minimum atomic E-state index is -0.667. The number of aliphatic hydroxyl groups excluding tert-OH is 1. The van der Waals surface area contributed by atoms with Crippen molar-refractivity contribution in [2.24, 2.45) is 11.8 Å². The molecule has 1 spiro atoms. The number of carbonyl (C=O) groups is 1. The summed E-state index contributed by atoms with van der Waals surface area (Å²) in [7, 11) is 0. The zero-order valence-corrected chi connectivity index (χ0v) is 20.7. The summed E-state index contributed by atoms with van der Waals surface area (Å²) >= 11 is 0. The van der Waals surface area contributed by atoms with E-state index in [2.05, 4.69) is 48.2 Å². The number of amides is 1. The minimum Gasteiger partial charge on any atom is -0.392 e. The fraction of sp³-hybridized carbons (Fsp3) is 0.433. The van der Waals surface area contributed by atoms with Gasteiger partial charge in [0.1, 0.15) is 11.6 Å². The predicted molar refractivity (Wildman–Crippen MR) is 138 cm³/mol. The molecule has 0 radical (unpaired) electrons. The number of hydrogen-bond acceptors (Lipinski definition) is 3. The third-order valence-electron chi connectivity index (χ3n) is 8.42. The molecule has 1 unspecified atom stereocenters. The topological polar surface area (TPSA) is 43.8 Å². The number of nitrogens with zero attached hydrogens (tertiary/aromatic N) is 2. The first-order valence-corrected chi connectivity index (χ1v) is 13.0. The van der Waals surface area contributed by atoms with E-state index >= 15 is 0 Å². The predicted octanol–water partition coefficient (Wildman–Crippen LogP) is 4.88. The monoisotopic (exact) mass is 492 g/mol. The Morgan fingerprint density at radius 3 is 2.58 bits per heavy atom. The van der Waals surface area contributed by atoms with Crippen molar-refractivity contribution in [3.8, 4) is 0 Å². The smallest absolute Gasteiger partial charge is 0.246 e. The van der Waals surface area contributed by atoms with E-state index in [1.165, 1.54) is 35.4 Å². The van der Waals surface area contributed by atoms with Crippen LogP contribution in [0, 0.1) is 23.5 Å². The van der Waals surface area contributed by atoms with Crippen molar-refractivity contribution in [2.45, 2.75) is 37.7 Å². The number of β-amino-alcohol motifs (C(OH)–C–C–N with tert-alkyl or cyclic N) is 1. The molecule has 1 aliphatic carbocycles. The Morgan fingerprint density at radius 1 is 1.14 bits per heavy atom. The Morgan fingerprint density at radius 2 is 1.86 bits per heavy atom. The SMILES string of the molecule is C[C@@H]1CN(CC(O)C2CCN(C(=O)/C=C/c3cc(F)cc(F)c3)CC2)CC[C@]12C=Cc1ccccc12. The molecule has 0 aromatic heterocycles. The van der Waals surface area contributed by atoms with Crippen LogP contribution in [0.1, 0.15) is 42.9 Å². The quantitative estimate of drug-likeness (QED) is 0.605. The molecule has 190 valence electrons. The van der Waals surface area contributed by atoms with Gasteiger partial charge in [0.15, 0.2) is 0 Å². The lowest BCUT2D eigenvalue weighted by Crippen LogP contribution is -2.51. The number of benzene rings is 2. The Balaban J connectivity index is 1.11. The van der Waals surface area contributed by atoms with Crippen LogP contribution in [0.25, 0.3) is 12.2 Å². The summed E-state index contributed by atoms with van der Waals surface area (Å²) in [4.78, 5) is 16.7. The van der Waals surface area contributed by atoms with E-state index in [1.54, 1.807) is 4.90 Å². The Hall–Kier alpha value is -2.83. The number of piperidine rings is 2. The van der Waals surface area contributed by atoms with Gasteiger partial charge in [-0.3, -0.25) is 4.79 Å². The minimum absolute atomic E-state index is 0.106. The van der Waals surface area contributed by atoms with Crippen molar-refractivity contribution < 1.29 is 18.7 Å². The first kappa shape index (κ1) is 24.8. The summed E-state index contributed by atoms with van der Waals surface area (Å²) in [5.41, 5.74) is 3.19. The molecule has 0 saturated carbocycles. The third kappa shape index (κ3) is 5.02. The van der Waals surface area contributed by atoms with Crippen LogP contribution in [0.15, 0.2) is 54.6 Å². The van der Waals surface area contributed by atoms with Gasteiger partial charge in [-0.1, -0.05) is 43.3 Å². The second kappa shape index (κ2) is 10.3. The van der Waals surface area contributed by atoms with Gasteiger partial charge in [0.05, 0.1) is 6.10 Å². The molecule has 3 aliphatic rings. The van der Waals surface area contributed by atoms with Crippen LogP contribution in [0.5, 0.6) is 0 Å². The molecule has 5 rings (SSSR count). The van der Waals surface area contributed by atoms with E-state index in [4.69, 9.17) is 0 Å². The molecular formula is C30H34F2N2O2. The molecule has 2 aromatic carbocycles. The van der Waals surface area contributed by atoms with Crippen LogP contribution >= 0.6 is 0 Å². The van der Waals surface area contributed by atoms with E-state index in [-0.39, 0.29) is 17.2 Å². The summed E-state index contributed by atoms with van der Waals surface area (Å²) < 4.78 is 26.7. The van der Waals surface area contributed by atoms with Crippen molar-refractivity contribution >= 4 is 18.1 Å². The lowest BCUT2D eigenvalue weighted by atomic mass is 9.68. The third-order valence-corrected chi connectivity index (χ3v) is 8.42. The molecule has 2 aromatic rings. The van der Waals surface area contributed by atoms with Crippen molar-refractivity contribution in [3.05, 3.63) is 82.9 Å². The van der Waals surface area contributed by atoms with Gasteiger partial charge in [0.2, 0.25) is 5.91 Å². The highest BCUT2D eigenvalue weighted by Gasteiger charge is 2.43. The van der Waals surface area contributed by atoms with Crippen molar-refractivity contribution in [2.75, 3.05) is 32.7 Å². The number of fused-ring (bicyclic) bond motifs is 2. The fourth-order valence-electron chi connectivity index (χ4n) is 6.30. The van der Waals surface area contributed by atoms with E-state index < -0.39 is 17.7 Å². The Bertz CT molecular complexity index is 1150. The molecule has 4 nitrogen and oxygen atoms in total. The molecule has 1 amide bonds. The second-order valence-corrected chi connectivity index (χ2v) is 10.6. The van der Waals surface area contributed by atoms with Crippen molar-refractivity contribution in [1.29, 1.82) is 0 Å². The van der Waals surface area contributed by atoms with Gasteiger partial charge in [-0.25, -0.2) is 8.78 Å². The van der Waals surface area contributed by atoms with Crippen molar-refractivity contribution in [3.63, 3.8) is 0 Å². The van der Waals surface area contributed by atoms with E-state index in [0.29, 0.717) is 31.1 Å². The number of carbonyl (C=O) groups excluding carboxylic acids is 1.